The molecule has 0 aliphatic rings. The fraction of sp³-hybridized carbons (Fsp3) is 1.00. The van der Waals surface area contributed by atoms with Crippen LogP contribution < -0.4 is 11.5 Å². The van der Waals surface area contributed by atoms with Crippen molar-refractivity contribution >= 4 is 24.1 Å². The zero-order valence-corrected chi connectivity index (χ0v) is 5.43. The summed E-state index contributed by atoms with van der Waals surface area (Å²) in [6, 6.07) is 0. The summed E-state index contributed by atoms with van der Waals surface area (Å²) in [4.78, 5) is 0. The molecule has 0 rings (SSSR count). The van der Waals surface area contributed by atoms with Crippen LogP contribution in [0.1, 0.15) is 0 Å². The zero-order chi connectivity index (χ0) is 5.54. The molecular weight excluding hydrogens is 132 g/mol. The standard InChI is InChI=1S/C2H8N2OS2/c3-1-6-5-7-2-4/h1-4H2. The SMILES string of the molecule is NCSOSCN. The Morgan fingerprint density at radius 3 is 1.86 bits per heavy atom. The van der Waals surface area contributed by atoms with Gasteiger partial charge in [-0.2, -0.15) is 0 Å². The van der Waals surface area contributed by atoms with Gasteiger partial charge in [-0.05, 0) is 0 Å². The van der Waals surface area contributed by atoms with E-state index in [9.17, 15) is 0 Å². The van der Waals surface area contributed by atoms with Gasteiger partial charge in [0.15, 0.2) is 0 Å². The Labute approximate surface area is 51.6 Å². The Morgan fingerprint density at radius 1 is 1.14 bits per heavy atom. The summed E-state index contributed by atoms with van der Waals surface area (Å²) >= 11 is 2.39. The minimum atomic E-state index is 0.479. The second-order valence-corrected chi connectivity index (χ2v) is 2.32. The number of hydrogen-bond donors (Lipinski definition) is 2. The van der Waals surface area contributed by atoms with Gasteiger partial charge in [0, 0.05) is 24.1 Å². The van der Waals surface area contributed by atoms with Gasteiger partial charge in [0.1, 0.15) is 0 Å². The quantitative estimate of drug-likeness (QED) is 0.330. The lowest BCUT2D eigenvalue weighted by molar-refractivity contribution is 0.757. The van der Waals surface area contributed by atoms with Gasteiger partial charge in [0.2, 0.25) is 0 Å². The van der Waals surface area contributed by atoms with Gasteiger partial charge >= 0.3 is 0 Å². The van der Waals surface area contributed by atoms with Crippen molar-refractivity contribution in [3.63, 3.8) is 0 Å². The fourth-order valence-electron chi connectivity index (χ4n) is 0.0896. The lowest BCUT2D eigenvalue weighted by Crippen LogP contribution is -1.94. The van der Waals surface area contributed by atoms with E-state index in [1.165, 1.54) is 24.1 Å². The molecule has 44 valence electrons. The third-order valence-electron chi connectivity index (χ3n) is 0.232. The molecular formula is C2H8N2OS2. The minimum Gasteiger partial charge on any atom is -0.320 e. The summed E-state index contributed by atoms with van der Waals surface area (Å²) in [5, 5.41) is 0. The topological polar surface area (TPSA) is 61.3 Å². The molecule has 0 aliphatic carbocycles. The first-order valence-corrected chi connectivity index (χ1v) is 3.55. The van der Waals surface area contributed by atoms with E-state index in [0.29, 0.717) is 11.8 Å². The number of hydrogen-bond acceptors (Lipinski definition) is 5. The van der Waals surface area contributed by atoms with Crippen LogP contribution >= 0.6 is 24.1 Å². The van der Waals surface area contributed by atoms with Crippen LogP contribution in [0.25, 0.3) is 0 Å². The van der Waals surface area contributed by atoms with Crippen LogP contribution in [0.15, 0.2) is 0 Å². The average Bonchev–Trinajstić information content (AvgIpc) is 1.69. The van der Waals surface area contributed by atoms with E-state index in [4.69, 9.17) is 15.1 Å². The Morgan fingerprint density at radius 2 is 1.57 bits per heavy atom. The molecule has 3 nitrogen and oxygen atoms in total. The third kappa shape index (κ3) is 6.58. The fourth-order valence-corrected chi connectivity index (χ4v) is 0.806. The van der Waals surface area contributed by atoms with E-state index in [2.05, 4.69) is 0 Å². The van der Waals surface area contributed by atoms with Gasteiger partial charge in [0.25, 0.3) is 0 Å². The molecule has 7 heavy (non-hydrogen) atoms. The third-order valence-corrected chi connectivity index (χ3v) is 1.27. The molecule has 0 spiro atoms. The second kappa shape index (κ2) is 6.58. The van der Waals surface area contributed by atoms with Gasteiger partial charge in [0.05, 0.1) is 11.8 Å². The van der Waals surface area contributed by atoms with Crippen LogP contribution in [0.5, 0.6) is 0 Å². The van der Waals surface area contributed by atoms with E-state index in [-0.39, 0.29) is 0 Å². The van der Waals surface area contributed by atoms with Crippen molar-refractivity contribution in [2.45, 2.75) is 0 Å². The molecule has 0 bridgehead atoms. The van der Waals surface area contributed by atoms with E-state index in [1.54, 1.807) is 0 Å². The molecule has 5 heteroatoms. The molecule has 0 unspecified atom stereocenters. The maximum atomic E-state index is 5.05. The van der Waals surface area contributed by atoms with Crippen LogP contribution in [0.2, 0.25) is 0 Å². The smallest absolute Gasteiger partial charge is 0.0673 e. The molecule has 0 heterocycles. The zero-order valence-electron chi connectivity index (χ0n) is 3.79. The molecule has 0 amide bonds. The first-order valence-electron chi connectivity index (χ1n) is 1.73. The highest BCUT2D eigenvalue weighted by Gasteiger charge is 1.80. The Balaban J connectivity index is 2.45. The van der Waals surface area contributed by atoms with Gasteiger partial charge < -0.3 is 11.5 Å². The van der Waals surface area contributed by atoms with Crippen molar-refractivity contribution in [1.29, 1.82) is 0 Å². The molecule has 0 saturated heterocycles. The molecule has 0 fully saturated rings. The molecule has 0 aromatic carbocycles. The summed E-state index contributed by atoms with van der Waals surface area (Å²) in [6.07, 6.45) is 0. The van der Waals surface area contributed by atoms with Crippen molar-refractivity contribution in [3.05, 3.63) is 0 Å². The van der Waals surface area contributed by atoms with E-state index in [0.717, 1.165) is 0 Å². The summed E-state index contributed by atoms with van der Waals surface area (Å²) in [5.41, 5.74) is 10.1. The lowest BCUT2D eigenvalue weighted by atomic mass is 11.6. The highest BCUT2D eigenvalue weighted by molar-refractivity contribution is 8.07. The highest BCUT2D eigenvalue weighted by Crippen LogP contribution is 2.09. The largest absolute Gasteiger partial charge is 0.320 e. The summed E-state index contributed by atoms with van der Waals surface area (Å²) in [7, 11) is 0. The number of nitrogens with two attached hydrogens (primary N) is 2. The molecule has 0 aromatic rings. The maximum absolute atomic E-state index is 5.05. The molecule has 0 aromatic heterocycles. The van der Waals surface area contributed by atoms with Crippen LogP contribution in [-0.2, 0) is 3.63 Å². The predicted octanol–water partition coefficient (Wildman–Crippen LogP) is 0.132. The Hall–Kier alpha value is 0.580. The highest BCUT2D eigenvalue weighted by atomic mass is 32.2. The van der Waals surface area contributed by atoms with Crippen LogP contribution in [0, 0.1) is 0 Å². The van der Waals surface area contributed by atoms with Gasteiger partial charge in [-0.15, -0.1) is 0 Å². The molecule has 0 saturated carbocycles. The predicted molar refractivity (Wildman–Crippen MR) is 34.4 cm³/mol. The first-order chi connectivity index (χ1) is 3.41. The first kappa shape index (κ1) is 7.58. The maximum Gasteiger partial charge on any atom is 0.0673 e. The van der Waals surface area contributed by atoms with Gasteiger partial charge in [-0.25, -0.2) is 3.63 Å². The van der Waals surface area contributed by atoms with Crippen molar-refractivity contribution < 1.29 is 3.63 Å². The lowest BCUT2D eigenvalue weighted by Gasteiger charge is -1.91. The van der Waals surface area contributed by atoms with E-state index >= 15 is 0 Å². The Kier molecular flexibility index (Phi) is 7.13. The van der Waals surface area contributed by atoms with Crippen molar-refractivity contribution in [2.75, 3.05) is 11.8 Å². The van der Waals surface area contributed by atoms with Crippen molar-refractivity contribution in [3.8, 4) is 0 Å². The van der Waals surface area contributed by atoms with Crippen LogP contribution in [0.3, 0.4) is 0 Å². The van der Waals surface area contributed by atoms with E-state index in [1.807, 2.05) is 0 Å². The van der Waals surface area contributed by atoms with Gasteiger partial charge in [-0.1, -0.05) is 0 Å². The molecule has 0 atom stereocenters. The monoisotopic (exact) mass is 140 g/mol. The van der Waals surface area contributed by atoms with Gasteiger partial charge in [-0.3, -0.25) is 0 Å². The summed E-state index contributed by atoms with van der Waals surface area (Å²) in [6.45, 7) is 0. The average molecular weight is 140 g/mol. The van der Waals surface area contributed by atoms with E-state index < -0.39 is 0 Å². The second-order valence-electron chi connectivity index (χ2n) is 0.637. The Bertz CT molecular complexity index is 32.9. The summed E-state index contributed by atoms with van der Waals surface area (Å²) in [5.74, 6) is 0.958. The molecule has 4 N–H and O–H groups in total. The van der Waals surface area contributed by atoms with Crippen molar-refractivity contribution in [2.24, 2.45) is 11.5 Å². The molecule has 0 radical (unpaired) electrons. The summed E-state index contributed by atoms with van der Waals surface area (Å²) < 4.78 is 4.72. The van der Waals surface area contributed by atoms with Crippen LogP contribution in [-0.4, -0.2) is 11.8 Å². The molecule has 0 aliphatic heterocycles. The normalized spacial score (nSPS) is 9.43. The van der Waals surface area contributed by atoms with Crippen molar-refractivity contribution in [1.82, 2.24) is 0 Å². The minimum absolute atomic E-state index is 0.479. The van der Waals surface area contributed by atoms with Crippen LogP contribution in [0.4, 0.5) is 0 Å². The number of rotatable bonds is 4.